The fourth-order valence-corrected chi connectivity index (χ4v) is 9.40. The minimum absolute atomic E-state index is 0.119. The number of amidine groups is 1. The van der Waals surface area contributed by atoms with Gasteiger partial charge in [-0.25, -0.2) is 9.98 Å². The van der Waals surface area contributed by atoms with Gasteiger partial charge in [-0.2, -0.15) is 0 Å². The number of fused-ring (bicyclic) bond motifs is 6. The van der Waals surface area contributed by atoms with Crippen molar-refractivity contribution in [2.45, 2.75) is 6.04 Å². The molecule has 0 fully saturated rings. The third kappa shape index (κ3) is 6.39. The second-order valence-electron chi connectivity index (χ2n) is 16.1. The highest BCUT2D eigenvalue weighted by atomic mass is 16.3. The molecule has 0 amide bonds. The van der Waals surface area contributed by atoms with Crippen molar-refractivity contribution in [2.24, 2.45) is 4.99 Å². The minimum atomic E-state index is -0.119. The highest BCUT2D eigenvalue weighted by Gasteiger charge is 2.29. The summed E-state index contributed by atoms with van der Waals surface area (Å²) in [6.45, 7) is 0. The molecular formula is C59H39N3O. The predicted octanol–water partition coefficient (Wildman–Crippen LogP) is 14.9. The average Bonchev–Trinajstić information content (AvgIpc) is 3.74. The summed E-state index contributed by atoms with van der Waals surface area (Å²) in [5, 5.41) is 9.43. The van der Waals surface area contributed by atoms with Crippen LogP contribution in [0.5, 0.6) is 0 Å². The Kier molecular flexibility index (Phi) is 8.86. The summed E-state index contributed by atoms with van der Waals surface area (Å²) in [6.07, 6.45) is 0. The maximum Gasteiger partial charge on any atom is 0.136 e. The second kappa shape index (κ2) is 15.3. The van der Waals surface area contributed by atoms with Crippen molar-refractivity contribution in [1.82, 2.24) is 10.3 Å². The minimum Gasteiger partial charge on any atom is -0.456 e. The summed E-state index contributed by atoms with van der Waals surface area (Å²) >= 11 is 0. The van der Waals surface area contributed by atoms with Gasteiger partial charge in [0.1, 0.15) is 17.0 Å². The topological polar surface area (TPSA) is 50.4 Å². The summed E-state index contributed by atoms with van der Waals surface area (Å²) in [6, 6.07) is 79.0. The molecular weight excluding hydrogens is 767 g/mol. The van der Waals surface area contributed by atoms with Crippen LogP contribution in [0.15, 0.2) is 234 Å². The molecule has 4 heteroatoms. The van der Waals surface area contributed by atoms with E-state index in [2.05, 4.69) is 218 Å². The van der Waals surface area contributed by atoms with Crippen LogP contribution in [0.2, 0.25) is 0 Å². The highest BCUT2D eigenvalue weighted by molar-refractivity contribution is 6.27. The molecule has 1 unspecified atom stereocenters. The molecule has 11 aromatic rings. The first-order valence-corrected chi connectivity index (χ1v) is 21.4. The molecule has 1 atom stereocenters. The van der Waals surface area contributed by atoms with Crippen LogP contribution in [-0.2, 0) is 0 Å². The molecule has 0 radical (unpaired) electrons. The Morgan fingerprint density at radius 1 is 0.397 bits per heavy atom. The van der Waals surface area contributed by atoms with Gasteiger partial charge in [0, 0.05) is 54.8 Å². The number of benzene rings is 9. The molecule has 12 rings (SSSR count). The number of pyridine rings is 1. The number of aromatic nitrogens is 1. The van der Waals surface area contributed by atoms with E-state index in [1.165, 1.54) is 16.5 Å². The molecule has 3 heterocycles. The molecule has 9 aromatic carbocycles. The van der Waals surface area contributed by atoms with Gasteiger partial charge in [-0.15, -0.1) is 0 Å². The molecule has 0 saturated carbocycles. The molecule has 296 valence electrons. The lowest BCUT2D eigenvalue weighted by atomic mass is 9.87. The number of nitrogens with one attached hydrogen (secondary N) is 1. The van der Waals surface area contributed by atoms with E-state index in [0.717, 1.165) is 100.0 Å². The molecule has 2 aromatic heterocycles. The van der Waals surface area contributed by atoms with Crippen LogP contribution >= 0.6 is 0 Å². The zero-order valence-corrected chi connectivity index (χ0v) is 34.2. The van der Waals surface area contributed by atoms with Crippen molar-refractivity contribution in [3.63, 3.8) is 0 Å². The van der Waals surface area contributed by atoms with Crippen LogP contribution in [0.3, 0.4) is 0 Å². The summed E-state index contributed by atoms with van der Waals surface area (Å²) in [5.74, 6) is 0.857. The number of hydrogen-bond donors (Lipinski definition) is 1. The Morgan fingerprint density at radius 2 is 0.937 bits per heavy atom. The van der Waals surface area contributed by atoms with Gasteiger partial charge in [0.25, 0.3) is 0 Å². The number of hydrogen-bond acceptors (Lipinski definition) is 4. The van der Waals surface area contributed by atoms with E-state index in [0.29, 0.717) is 0 Å². The van der Waals surface area contributed by atoms with E-state index in [4.69, 9.17) is 14.4 Å². The third-order valence-electron chi connectivity index (χ3n) is 12.4. The lowest BCUT2D eigenvalue weighted by Crippen LogP contribution is -2.33. The Morgan fingerprint density at radius 3 is 1.62 bits per heavy atom. The smallest absolute Gasteiger partial charge is 0.136 e. The fraction of sp³-hybridized carbons (Fsp3) is 0.0169. The first kappa shape index (κ1) is 36.5. The van der Waals surface area contributed by atoms with E-state index in [1.54, 1.807) is 0 Å². The fourth-order valence-electron chi connectivity index (χ4n) is 9.40. The number of nitrogens with zero attached hydrogens (tertiary/aromatic N) is 2. The standard InChI is InChI=1S/C59H39N3O/c1-5-17-40(18-6-1)52-54-46-25-13-15-27-49(46)60-56(48(54)37-51-55(52)47-26-14-16-28-50(47)63-51)44-35-31-39(32-36-44)38-29-33-41(34-30-38)53-57(42-19-7-2-8-20-42)61-59(45-23-11-4-12-24-45)62-58(53)43-21-9-3-10-22-43/h1-37,57H,(H,61,62). The van der Waals surface area contributed by atoms with Crippen molar-refractivity contribution in [3.05, 3.63) is 247 Å². The molecule has 0 spiro atoms. The van der Waals surface area contributed by atoms with Crippen molar-refractivity contribution < 1.29 is 4.42 Å². The average molecular weight is 806 g/mol. The summed E-state index contributed by atoms with van der Waals surface area (Å²) in [4.78, 5) is 10.7. The van der Waals surface area contributed by atoms with E-state index in [1.807, 2.05) is 12.1 Å². The Hall–Kier alpha value is -8.34. The number of rotatable bonds is 7. The maximum absolute atomic E-state index is 6.60. The summed E-state index contributed by atoms with van der Waals surface area (Å²) in [5.41, 5.74) is 15.8. The second-order valence-corrected chi connectivity index (χ2v) is 16.1. The molecule has 0 aliphatic carbocycles. The van der Waals surface area contributed by atoms with Crippen LogP contribution in [0, 0.1) is 0 Å². The molecule has 63 heavy (non-hydrogen) atoms. The van der Waals surface area contributed by atoms with Crippen molar-refractivity contribution in [1.29, 1.82) is 0 Å². The normalized spacial score (nSPS) is 14.0. The maximum atomic E-state index is 6.60. The lowest BCUT2D eigenvalue weighted by molar-refractivity contribution is 0.669. The molecule has 1 N–H and O–H groups in total. The molecule has 0 saturated heterocycles. The van der Waals surface area contributed by atoms with Gasteiger partial charge in [-0.1, -0.05) is 206 Å². The van der Waals surface area contributed by atoms with Crippen molar-refractivity contribution in [3.8, 4) is 33.5 Å². The monoisotopic (exact) mass is 805 g/mol. The third-order valence-corrected chi connectivity index (χ3v) is 12.4. The van der Waals surface area contributed by atoms with E-state index >= 15 is 0 Å². The van der Waals surface area contributed by atoms with E-state index in [9.17, 15) is 0 Å². The van der Waals surface area contributed by atoms with Gasteiger partial charge in [-0.05, 0) is 46.0 Å². The van der Waals surface area contributed by atoms with Gasteiger partial charge in [0.2, 0.25) is 0 Å². The SMILES string of the molecule is c1ccc(C2=NC(c3ccccc3)=C(c3ccc(-c4ccc(-c5nc6ccccc6c6c(-c7ccccc7)c7c(cc56)oc5ccccc57)cc4)cc3)C(c3ccccc3)N2)cc1. The predicted molar refractivity (Wildman–Crippen MR) is 261 cm³/mol. The Labute approximate surface area is 365 Å². The van der Waals surface area contributed by atoms with Crippen LogP contribution in [0.25, 0.3) is 88.4 Å². The van der Waals surface area contributed by atoms with Gasteiger partial charge < -0.3 is 9.73 Å². The first-order valence-electron chi connectivity index (χ1n) is 21.4. The van der Waals surface area contributed by atoms with E-state index in [-0.39, 0.29) is 6.04 Å². The first-order chi connectivity index (χ1) is 31.2. The zero-order valence-electron chi connectivity index (χ0n) is 34.2. The number of furan rings is 1. The molecule has 1 aliphatic heterocycles. The number of aliphatic imine (C=N–C) groups is 1. The van der Waals surface area contributed by atoms with Crippen molar-refractivity contribution in [2.75, 3.05) is 0 Å². The molecule has 1 aliphatic rings. The Balaban J connectivity index is 0.980. The van der Waals surface area contributed by atoms with Crippen LogP contribution in [0.1, 0.15) is 28.3 Å². The van der Waals surface area contributed by atoms with Crippen LogP contribution < -0.4 is 5.32 Å². The van der Waals surface area contributed by atoms with Gasteiger partial charge in [0.05, 0.1) is 22.9 Å². The van der Waals surface area contributed by atoms with Gasteiger partial charge in [-0.3, -0.25) is 0 Å². The van der Waals surface area contributed by atoms with E-state index < -0.39 is 0 Å². The Bertz CT molecular complexity index is 3540. The summed E-state index contributed by atoms with van der Waals surface area (Å²) < 4.78 is 6.60. The van der Waals surface area contributed by atoms with Crippen LogP contribution in [0.4, 0.5) is 0 Å². The van der Waals surface area contributed by atoms with Crippen molar-refractivity contribution >= 4 is 60.7 Å². The quantitative estimate of drug-likeness (QED) is 0.163. The highest BCUT2D eigenvalue weighted by Crippen LogP contribution is 2.47. The zero-order chi connectivity index (χ0) is 41.7. The number of para-hydroxylation sites is 2. The van der Waals surface area contributed by atoms with Gasteiger partial charge >= 0.3 is 0 Å². The largest absolute Gasteiger partial charge is 0.456 e. The van der Waals surface area contributed by atoms with Crippen LogP contribution in [-0.4, -0.2) is 10.8 Å². The molecule has 0 bridgehead atoms. The lowest BCUT2D eigenvalue weighted by Gasteiger charge is -2.31. The summed E-state index contributed by atoms with van der Waals surface area (Å²) in [7, 11) is 0. The molecule has 4 nitrogen and oxygen atoms in total. The van der Waals surface area contributed by atoms with Gasteiger partial charge in [0.15, 0.2) is 0 Å².